The van der Waals surface area contributed by atoms with Gasteiger partial charge in [0.05, 0.1) is 0 Å². The van der Waals surface area contributed by atoms with E-state index in [-0.39, 0.29) is 0 Å². The Morgan fingerprint density at radius 3 is 1.75 bits per heavy atom. The van der Waals surface area contributed by atoms with Gasteiger partial charge >= 0.3 is 0 Å². The molecule has 1 aliphatic rings. The molecule has 20 heavy (non-hydrogen) atoms. The zero-order valence-corrected chi connectivity index (χ0v) is 13.9. The Morgan fingerprint density at radius 1 is 1.00 bits per heavy atom. The quantitative estimate of drug-likeness (QED) is 0.701. The third kappa shape index (κ3) is 11.9. The molecule has 1 heterocycles. The lowest BCUT2D eigenvalue weighted by molar-refractivity contribution is 0.112. The van der Waals surface area contributed by atoms with Crippen molar-refractivity contribution in [2.75, 3.05) is 20.1 Å². The van der Waals surface area contributed by atoms with Gasteiger partial charge in [0.2, 0.25) is 0 Å². The summed E-state index contributed by atoms with van der Waals surface area (Å²) in [5.74, 6) is 0.833. The number of benzene rings is 1. The molecular formula is C18H31NO. The molecule has 0 radical (unpaired) electrons. The van der Waals surface area contributed by atoms with E-state index in [4.69, 9.17) is 0 Å². The molecule has 0 aromatic heterocycles. The molecule has 0 amide bonds. The molecule has 0 unspecified atom stereocenters. The summed E-state index contributed by atoms with van der Waals surface area (Å²) in [5.41, 5.74) is 1.92. The van der Waals surface area contributed by atoms with Crippen LogP contribution in [-0.4, -0.2) is 31.3 Å². The minimum absolute atomic E-state index is 0.737. The van der Waals surface area contributed by atoms with Crippen LogP contribution in [0.2, 0.25) is 0 Å². The van der Waals surface area contributed by atoms with E-state index in [1.807, 2.05) is 31.2 Å². The van der Waals surface area contributed by atoms with Gasteiger partial charge in [-0.1, -0.05) is 57.0 Å². The minimum Gasteiger partial charge on any atom is -0.306 e. The first kappa shape index (κ1) is 18.9. The molecule has 0 atom stereocenters. The predicted octanol–water partition coefficient (Wildman–Crippen LogP) is 4.57. The molecule has 2 rings (SSSR count). The lowest BCUT2D eigenvalue weighted by Crippen LogP contribution is -2.24. The number of hydrogen-bond donors (Lipinski definition) is 0. The molecule has 1 aromatic carbocycles. The molecule has 114 valence electrons. The molecule has 0 spiro atoms. The van der Waals surface area contributed by atoms with Crippen molar-refractivity contribution in [1.29, 1.82) is 0 Å². The third-order valence-electron chi connectivity index (χ3n) is 2.79. The molecule has 0 aliphatic carbocycles. The highest BCUT2D eigenvalue weighted by Gasteiger charge is 2.02. The number of piperidine rings is 1. The largest absolute Gasteiger partial charge is 0.306 e. The van der Waals surface area contributed by atoms with Crippen LogP contribution in [-0.2, 0) is 0 Å². The number of rotatable bonds is 1. The number of carbonyl (C=O) groups is 1. The number of nitrogens with zero attached hydrogens (tertiary/aromatic N) is 1. The van der Waals surface area contributed by atoms with Gasteiger partial charge < -0.3 is 4.90 Å². The average molecular weight is 277 g/mol. The Balaban J connectivity index is 0.000000293. The van der Waals surface area contributed by atoms with Crippen LogP contribution in [0.4, 0.5) is 0 Å². The van der Waals surface area contributed by atoms with E-state index in [9.17, 15) is 4.79 Å². The highest BCUT2D eigenvalue weighted by Crippen LogP contribution is 2.04. The van der Waals surface area contributed by atoms with Crippen LogP contribution in [0.25, 0.3) is 0 Å². The fraction of sp³-hybridized carbons (Fsp3) is 0.611. The van der Waals surface area contributed by atoms with Crippen LogP contribution >= 0.6 is 0 Å². The summed E-state index contributed by atoms with van der Waals surface area (Å²) in [6.07, 6.45) is 5.12. The van der Waals surface area contributed by atoms with E-state index in [1.165, 1.54) is 37.9 Å². The predicted molar refractivity (Wildman–Crippen MR) is 88.4 cm³/mol. The molecule has 0 bridgehead atoms. The molecule has 1 aliphatic heterocycles. The maximum absolute atomic E-state index is 10.1. The summed E-state index contributed by atoms with van der Waals surface area (Å²) < 4.78 is 0. The highest BCUT2D eigenvalue weighted by molar-refractivity contribution is 5.74. The topological polar surface area (TPSA) is 20.3 Å². The van der Waals surface area contributed by atoms with Gasteiger partial charge in [-0.05, 0) is 45.8 Å². The van der Waals surface area contributed by atoms with E-state index >= 15 is 0 Å². The van der Waals surface area contributed by atoms with E-state index in [2.05, 4.69) is 32.7 Å². The second-order valence-corrected chi connectivity index (χ2v) is 6.12. The van der Waals surface area contributed by atoms with Crippen LogP contribution in [0.5, 0.6) is 0 Å². The number of carbonyl (C=O) groups excluding carboxylic acids is 1. The smallest absolute Gasteiger partial charge is 0.150 e. The monoisotopic (exact) mass is 277 g/mol. The summed E-state index contributed by atoms with van der Waals surface area (Å²) in [6.45, 7) is 11.1. The zero-order chi connectivity index (χ0) is 15.4. The fourth-order valence-electron chi connectivity index (χ4n) is 1.70. The third-order valence-corrected chi connectivity index (χ3v) is 2.79. The van der Waals surface area contributed by atoms with Crippen molar-refractivity contribution in [3.05, 3.63) is 35.4 Å². The first-order valence-corrected chi connectivity index (χ1v) is 7.66. The molecule has 2 heteroatoms. The average Bonchev–Trinajstić information content (AvgIpc) is 2.41. The van der Waals surface area contributed by atoms with Crippen molar-refractivity contribution < 1.29 is 4.79 Å². The molecular weight excluding hydrogens is 246 g/mol. The summed E-state index contributed by atoms with van der Waals surface area (Å²) >= 11 is 0. The Bertz CT molecular complexity index is 334. The van der Waals surface area contributed by atoms with E-state index in [1.54, 1.807) is 0 Å². The van der Waals surface area contributed by atoms with Crippen molar-refractivity contribution in [3.63, 3.8) is 0 Å². The maximum Gasteiger partial charge on any atom is 0.150 e. The lowest BCUT2D eigenvalue weighted by atomic mass is 10.1. The normalized spacial score (nSPS) is 14.7. The summed E-state index contributed by atoms with van der Waals surface area (Å²) in [7, 11) is 2.19. The SMILES string of the molecule is CC(C)C.CN1CCCCC1.Cc1ccc(C=O)cc1. The highest BCUT2D eigenvalue weighted by atomic mass is 16.1. The Labute approximate surface area is 125 Å². The van der Waals surface area contributed by atoms with Crippen molar-refractivity contribution in [1.82, 2.24) is 4.90 Å². The first-order chi connectivity index (χ1) is 9.45. The van der Waals surface area contributed by atoms with Gasteiger partial charge in [0.25, 0.3) is 0 Å². The van der Waals surface area contributed by atoms with Crippen molar-refractivity contribution >= 4 is 6.29 Å². The van der Waals surface area contributed by atoms with Gasteiger partial charge in [-0.15, -0.1) is 0 Å². The van der Waals surface area contributed by atoms with Crippen LogP contribution < -0.4 is 0 Å². The number of aryl methyl sites for hydroxylation is 1. The minimum atomic E-state index is 0.737. The Morgan fingerprint density at radius 2 is 1.45 bits per heavy atom. The molecule has 1 aromatic rings. The summed E-state index contributed by atoms with van der Waals surface area (Å²) in [5, 5.41) is 0. The van der Waals surface area contributed by atoms with Crippen LogP contribution in [0.3, 0.4) is 0 Å². The molecule has 2 nitrogen and oxygen atoms in total. The van der Waals surface area contributed by atoms with Crippen LogP contribution in [0.15, 0.2) is 24.3 Å². The second kappa shape index (κ2) is 11.7. The van der Waals surface area contributed by atoms with Crippen molar-refractivity contribution in [3.8, 4) is 0 Å². The molecule has 0 saturated carbocycles. The summed E-state index contributed by atoms with van der Waals surface area (Å²) in [4.78, 5) is 12.5. The number of hydrogen-bond acceptors (Lipinski definition) is 2. The van der Waals surface area contributed by atoms with Crippen LogP contribution in [0, 0.1) is 12.8 Å². The van der Waals surface area contributed by atoms with E-state index < -0.39 is 0 Å². The second-order valence-electron chi connectivity index (χ2n) is 6.12. The van der Waals surface area contributed by atoms with Crippen molar-refractivity contribution in [2.45, 2.75) is 47.0 Å². The van der Waals surface area contributed by atoms with Crippen LogP contribution in [0.1, 0.15) is 56.0 Å². The Kier molecular flexibility index (Phi) is 11.0. The van der Waals surface area contributed by atoms with Gasteiger partial charge in [-0.3, -0.25) is 4.79 Å². The van der Waals surface area contributed by atoms with Gasteiger partial charge in [-0.25, -0.2) is 0 Å². The van der Waals surface area contributed by atoms with E-state index in [0.29, 0.717) is 0 Å². The molecule has 1 fully saturated rings. The molecule has 1 saturated heterocycles. The first-order valence-electron chi connectivity index (χ1n) is 7.66. The van der Waals surface area contributed by atoms with Gasteiger partial charge in [0.15, 0.2) is 0 Å². The van der Waals surface area contributed by atoms with E-state index in [0.717, 1.165) is 17.8 Å². The maximum atomic E-state index is 10.1. The Hall–Kier alpha value is -1.15. The molecule has 0 N–H and O–H groups in total. The van der Waals surface area contributed by atoms with Gasteiger partial charge in [-0.2, -0.15) is 0 Å². The summed E-state index contributed by atoms with van der Waals surface area (Å²) in [6, 6.07) is 7.46. The number of aldehydes is 1. The lowest BCUT2D eigenvalue weighted by Gasteiger charge is -2.20. The van der Waals surface area contributed by atoms with Gasteiger partial charge in [0, 0.05) is 5.56 Å². The number of likely N-dealkylation sites (tertiary alicyclic amines) is 1. The van der Waals surface area contributed by atoms with Crippen molar-refractivity contribution in [2.24, 2.45) is 5.92 Å². The standard InChI is InChI=1S/C8H8O.C6H13N.C4H10/c1-7-2-4-8(6-9)5-3-7;1-7-5-3-2-4-6-7;1-4(2)3/h2-6H,1H3;2-6H2,1H3;4H,1-3H3. The zero-order valence-electron chi connectivity index (χ0n) is 13.9. The fourth-order valence-corrected chi connectivity index (χ4v) is 1.70. The van der Waals surface area contributed by atoms with Gasteiger partial charge in [0.1, 0.15) is 6.29 Å².